The Morgan fingerprint density at radius 1 is 1.07 bits per heavy atom. The number of hydrogen-bond donors (Lipinski definition) is 1. The quantitative estimate of drug-likeness (QED) is 0.560. The maximum absolute atomic E-state index is 10.5. The van der Waals surface area contributed by atoms with Crippen LogP contribution in [0.5, 0.6) is 0 Å². The Labute approximate surface area is 91.0 Å². The third-order valence-electron chi connectivity index (χ3n) is 4.91. The minimum absolute atomic E-state index is 0.0463. The Kier molecular flexibility index (Phi) is 1.64. The molecule has 0 heterocycles. The zero-order valence-corrected chi connectivity index (χ0v) is 9.68. The predicted octanol–water partition coefficient (Wildman–Crippen LogP) is 3.01. The fourth-order valence-corrected chi connectivity index (χ4v) is 5.67. The molecular weight excluding hydrogens is 188 g/mol. The van der Waals surface area contributed by atoms with E-state index in [0.717, 1.165) is 18.8 Å². The Hall–Kier alpha value is -0.600. The second-order valence-electron chi connectivity index (χ2n) is 7.11. The van der Waals surface area contributed by atoms with Gasteiger partial charge in [-0.05, 0) is 55.3 Å². The van der Waals surface area contributed by atoms with Crippen LogP contribution in [0.15, 0.2) is 5.29 Å². The summed E-state index contributed by atoms with van der Waals surface area (Å²) in [5, 5.41) is 2.99. The summed E-state index contributed by atoms with van der Waals surface area (Å²) in [4.78, 5) is 10.5. The Balaban J connectivity index is 1.98. The van der Waals surface area contributed by atoms with E-state index in [-0.39, 0.29) is 5.54 Å². The number of nitroso groups, excluding NO2 is 1. The highest BCUT2D eigenvalue weighted by Crippen LogP contribution is 2.66. The van der Waals surface area contributed by atoms with E-state index in [1.807, 2.05) is 0 Å². The molecule has 0 saturated heterocycles. The predicted molar refractivity (Wildman–Crippen MR) is 59.1 cm³/mol. The molecule has 0 aromatic rings. The molecule has 0 amide bonds. The molecule has 4 aliphatic rings. The summed E-state index contributed by atoms with van der Waals surface area (Å²) in [5.41, 5.74) is 3.88. The maximum Gasteiger partial charge on any atom is 0.0593 e. The van der Waals surface area contributed by atoms with Crippen molar-refractivity contribution in [2.75, 3.05) is 0 Å². The molecule has 4 saturated carbocycles. The second kappa shape index (κ2) is 2.55. The highest BCUT2D eigenvalue weighted by molar-refractivity contribution is 5.13. The third kappa shape index (κ3) is 1.31. The number of nitrogens with one attached hydrogen (secondary N) is 1. The van der Waals surface area contributed by atoms with E-state index in [2.05, 4.69) is 24.6 Å². The summed E-state index contributed by atoms with van der Waals surface area (Å²) in [6, 6.07) is 0. The van der Waals surface area contributed by atoms with Crippen molar-refractivity contribution < 1.29 is 0 Å². The summed E-state index contributed by atoms with van der Waals surface area (Å²) >= 11 is 0. The summed E-state index contributed by atoms with van der Waals surface area (Å²) < 4.78 is 0. The van der Waals surface area contributed by atoms with Gasteiger partial charge in [-0.15, -0.1) is 4.91 Å². The van der Waals surface area contributed by atoms with E-state index >= 15 is 0 Å². The van der Waals surface area contributed by atoms with Crippen molar-refractivity contribution in [1.82, 2.24) is 5.43 Å². The molecule has 0 spiro atoms. The van der Waals surface area contributed by atoms with Crippen LogP contribution in [0.4, 0.5) is 0 Å². The molecule has 15 heavy (non-hydrogen) atoms. The first-order valence-corrected chi connectivity index (χ1v) is 6.06. The molecule has 4 aliphatic carbocycles. The summed E-state index contributed by atoms with van der Waals surface area (Å²) in [6.07, 6.45) is 7.55. The van der Waals surface area contributed by atoms with Crippen LogP contribution in [-0.4, -0.2) is 5.54 Å². The Morgan fingerprint density at radius 2 is 1.67 bits per heavy atom. The van der Waals surface area contributed by atoms with E-state index in [4.69, 9.17) is 0 Å². The van der Waals surface area contributed by atoms with Gasteiger partial charge in [0.2, 0.25) is 0 Å². The van der Waals surface area contributed by atoms with E-state index in [1.165, 1.54) is 25.7 Å². The molecule has 3 heteroatoms. The van der Waals surface area contributed by atoms with Gasteiger partial charge in [0, 0.05) is 0 Å². The second-order valence-corrected chi connectivity index (χ2v) is 7.11. The van der Waals surface area contributed by atoms with Gasteiger partial charge < -0.3 is 0 Å². The normalized spacial score (nSPS) is 56.8. The number of rotatable bonds is 2. The minimum Gasteiger partial charge on any atom is -0.268 e. The van der Waals surface area contributed by atoms with Crippen molar-refractivity contribution >= 4 is 0 Å². The van der Waals surface area contributed by atoms with E-state index in [0.29, 0.717) is 10.8 Å². The van der Waals surface area contributed by atoms with Gasteiger partial charge in [0.1, 0.15) is 0 Å². The molecule has 1 N–H and O–H groups in total. The van der Waals surface area contributed by atoms with Gasteiger partial charge >= 0.3 is 0 Å². The van der Waals surface area contributed by atoms with Crippen LogP contribution >= 0.6 is 0 Å². The molecule has 4 fully saturated rings. The molecule has 0 aromatic heterocycles. The third-order valence-corrected chi connectivity index (χ3v) is 4.91. The lowest BCUT2D eigenvalue weighted by molar-refractivity contribution is -0.117. The highest BCUT2D eigenvalue weighted by Gasteiger charge is 2.60. The molecule has 4 bridgehead atoms. The van der Waals surface area contributed by atoms with Crippen molar-refractivity contribution in [3.8, 4) is 0 Å². The highest BCUT2D eigenvalue weighted by atomic mass is 16.3. The van der Waals surface area contributed by atoms with E-state index in [9.17, 15) is 4.91 Å². The van der Waals surface area contributed by atoms with Crippen LogP contribution in [0.1, 0.15) is 52.4 Å². The maximum atomic E-state index is 10.5. The lowest BCUT2D eigenvalue weighted by atomic mass is 9.43. The average Bonchev–Trinajstić information content (AvgIpc) is 1.94. The van der Waals surface area contributed by atoms with Gasteiger partial charge in [0.05, 0.1) is 10.8 Å². The standard InChI is InChI=1S/C12H20N2O/c1-10-3-9-4-11(2,6-10)8-12(5-9,7-10)13-14-15/h9H,3-8H2,1-2H3,(H,13,15)/t9?,10-,11+,12?. The molecule has 3 nitrogen and oxygen atoms in total. The molecule has 4 atom stereocenters. The average molecular weight is 208 g/mol. The number of hydrogen-bond acceptors (Lipinski definition) is 2. The minimum atomic E-state index is 0.0463. The zero-order valence-electron chi connectivity index (χ0n) is 9.68. The smallest absolute Gasteiger partial charge is 0.0593 e. The fourth-order valence-electron chi connectivity index (χ4n) is 5.67. The monoisotopic (exact) mass is 208 g/mol. The zero-order chi connectivity index (χ0) is 10.7. The molecule has 84 valence electrons. The molecule has 2 unspecified atom stereocenters. The van der Waals surface area contributed by atoms with Gasteiger partial charge in [-0.3, -0.25) is 5.43 Å². The molecule has 4 rings (SSSR count). The van der Waals surface area contributed by atoms with Crippen molar-refractivity contribution in [2.24, 2.45) is 22.0 Å². The first-order valence-electron chi connectivity index (χ1n) is 6.06. The van der Waals surface area contributed by atoms with Gasteiger partial charge in [-0.2, -0.15) is 0 Å². The largest absolute Gasteiger partial charge is 0.268 e. The lowest BCUT2D eigenvalue weighted by Gasteiger charge is -2.64. The van der Waals surface area contributed by atoms with Crippen LogP contribution in [0, 0.1) is 21.7 Å². The van der Waals surface area contributed by atoms with Crippen LogP contribution in [0.3, 0.4) is 0 Å². The van der Waals surface area contributed by atoms with Crippen LogP contribution < -0.4 is 5.43 Å². The van der Waals surface area contributed by atoms with Crippen LogP contribution in [0.25, 0.3) is 0 Å². The summed E-state index contributed by atoms with van der Waals surface area (Å²) in [7, 11) is 0. The Morgan fingerprint density at radius 3 is 2.13 bits per heavy atom. The SMILES string of the molecule is C[C@]12CC3CC(NN=O)(C1)C[C@@](C)(C3)C2. The topological polar surface area (TPSA) is 41.5 Å². The van der Waals surface area contributed by atoms with E-state index < -0.39 is 0 Å². The summed E-state index contributed by atoms with van der Waals surface area (Å²) in [5.74, 6) is 0.825. The summed E-state index contributed by atoms with van der Waals surface area (Å²) in [6.45, 7) is 4.80. The van der Waals surface area contributed by atoms with Crippen molar-refractivity contribution in [2.45, 2.75) is 57.9 Å². The molecule has 0 aliphatic heterocycles. The van der Waals surface area contributed by atoms with Crippen molar-refractivity contribution in [1.29, 1.82) is 0 Å². The van der Waals surface area contributed by atoms with Gasteiger partial charge in [0.25, 0.3) is 0 Å². The van der Waals surface area contributed by atoms with Crippen molar-refractivity contribution in [3.63, 3.8) is 0 Å². The van der Waals surface area contributed by atoms with Crippen molar-refractivity contribution in [3.05, 3.63) is 4.91 Å². The molecule has 0 radical (unpaired) electrons. The van der Waals surface area contributed by atoms with Gasteiger partial charge in [0.15, 0.2) is 0 Å². The van der Waals surface area contributed by atoms with Crippen LogP contribution in [-0.2, 0) is 0 Å². The molecular formula is C12H20N2O. The van der Waals surface area contributed by atoms with Crippen LogP contribution in [0.2, 0.25) is 0 Å². The first-order chi connectivity index (χ1) is 6.97. The van der Waals surface area contributed by atoms with Gasteiger partial charge in [-0.1, -0.05) is 13.8 Å². The lowest BCUT2D eigenvalue weighted by Crippen LogP contribution is -2.63. The molecule has 0 aromatic carbocycles. The number of nitrogens with zero attached hydrogens (tertiary/aromatic N) is 1. The Bertz CT molecular complexity index is 297. The first kappa shape index (κ1) is 9.61. The van der Waals surface area contributed by atoms with Gasteiger partial charge in [-0.25, -0.2) is 0 Å². The fraction of sp³-hybridized carbons (Fsp3) is 1.00. The van der Waals surface area contributed by atoms with E-state index in [1.54, 1.807) is 0 Å².